The Labute approximate surface area is 187 Å². The summed E-state index contributed by atoms with van der Waals surface area (Å²) >= 11 is 1.71. The summed E-state index contributed by atoms with van der Waals surface area (Å²) in [6.45, 7) is 4.54. The fraction of sp³-hybridized carbons (Fsp3) is 0.652. The van der Waals surface area contributed by atoms with E-state index in [1.54, 1.807) is 28.8 Å². The molecule has 0 spiro atoms. The Morgan fingerprint density at radius 3 is 2.68 bits per heavy atom. The molecule has 1 saturated carbocycles. The van der Waals surface area contributed by atoms with E-state index in [1.165, 1.54) is 31.4 Å². The lowest BCUT2D eigenvalue weighted by Gasteiger charge is -2.35. The Morgan fingerprint density at radius 1 is 1.16 bits per heavy atom. The van der Waals surface area contributed by atoms with E-state index in [9.17, 15) is 14.0 Å². The predicted molar refractivity (Wildman–Crippen MR) is 119 cm³/mol. The smallest absolute Gasteiger partial charge is 0.255 e. The summed E-state index contributed by atoms with van der Waals surface area (Å²) in [7, 11) is 0. The lowest BCUT2D eigenvalue weighted by molar-refractivity contribution is -0.125. The molecule has 1 N–H and O–H groups in total. The Bertz CT molecular complexity index is 768. The van der Waals surface area contributed by atoms with Crippen LogP contribution >= 0.6 is 11.8 Å². The first-order valence-corrected chi connectivity index (χ1v) is 12.5. The first-order valence-electron chi connectivity index (χ1n) is 11.4. The number of ether oxygens (including phenoxy) is 1. The average Bonchev–Trinajstić information content (AvgIpc) is 3.25. The first-order chi connectivity index (χ1) is 15.1. The number of morpholine rings is 1. The maximum absolute atomic E-state index is 13.8. The SMILES string of the molecule is O=C(NCCN1CCOCC1)[C@@H]1CS[C@@H](C2CCCCC2)N1C(=O)c1cccc(F)c1. The third-order valence-electron chi connectivity index (χ3n) is 6.53. The number of amides is 2. The fourth-order valence-corrected chi connectivity index (χ4v) is 6.46. The van der Waals surface area contributed by atoms with Gasteiger partial charge in [0.25, 0.3) is 5.91 Å². The summed E-state index contributed by atoms with van der Waals surface area (Å²) in [5.74, 6) is 0.198. The summed E-state index contributed by atoms with van der Waals surface area (Å²) in [5.41, 5.74) is 0.314. The fourth-order valence-electron chi connectivity index (χ4n) is 4.82. The van der Waals surface area contributed by atoms with Crippen LogP contribution in [0.3, 0.4) is 0 Å². The van der Waals surface area contributed by atoms with Crippen LogP contribution in [0.2, 0.25) is 0 Å². The largest absolute Gasteiger partial charge is 0.379 e. The van der Waals surface area contributed by atoms with Crippen LogP contribution in [0.15, 0.2) is 24.3 Å². The number of carbonyl (C=O) groups is 2. The summed E-state index contributed by atoms with van der Waals surface area (Å²) < 4.78 is 19.2. The molecule has 31 heavy (non-hydrogen) atoms. The van der Waals surface area contributed by atoms with Crippen molar-refractivity contribution in [3.63, 3.8) is 0 Å². The number of hydrogen-bond donors (Lipinski definition) is 1. The highest BCUT2D eigenvalue weighted by Crippen LogP contribution is 2.41. The molecular formula is C23H32FN3O3S. The molecule has 3 aliphatic rings. The zero-order valence-corrected chi connectivity index (χ0v) is 18.7. The van der Waals surface area contributed by atoms with Crippen molar-refractivity contribution in [2.45, 2.75) is 43.5 Å². The normalized spacial score (nSPS) is 25.5. The van der Waals surface area contributed by atoms with Crippen molar-refractivity contribution in [3.05, 3.63) is 35.6 Å². The number of rotatable bonds is 6. The van der Waals surface area contributed by atoms with E-state index in [2.05, 4.69) is 10.2 Å². The summed E-state index contributed by atoms with van der Waals surface area (Å²) in [5, 5.41) is 3.02. The second-order valence-corrected chi connectivity index (χ2v) is 9.76. The van der Waals surface area contributed by atoms with Gasteiger partial charge in [-0.05, 0) is 37.0 Å². The predicted octanol–water partition coefficient (Wildman–Crippen LogP) is 2.74. The summed E-state index contributed by atoms with van der Waals surface area (Å²) in [6.07, 6.45) is 5.73. The van der Waals surface area contributed by atoms with E-state index in [-0.39, 0.29) is 17.2 Å². The molecule has 2 aliphatic heterocycles. The molecule has 0 bridgehead atoms. The number of thioether (sulfide) groups is 1. The van der Waals surface area contributed by atoms with Gasteiger partial charge in [0, 0.05) is 37.5 Å². The number of carbonyl (C=O) groups excluding carboxylic acids is 2. The van der Waals surface area contributed by atoms with Gasteiger partial charge in [0.1, 0.15) is 11.9 Å². The molecule has 4 rings (SSSR count). The standard InChI is InChI=1S/C23H32FN3O3S/c24-19-8-4-7-18(15-19)22(29)27-20(16-31-23(27)17-5-2-1-3-6-17)21(28)25-9-10-26-11-13-30-14-12-26/h4,7-8,15,17,20,23H,1-3,5-6,9-14,16H2,(H,25,28)/t20-,23-/m0/s1. The Morgan fingerprint density at radius 2 is 1.94 bits per heavy atom. The zero-order valence-electron chi connectivity index (χ0n) is 17.9. The molecule has 0 radical (unpaired) electrons. The van der Waals surface area contributed by atoms with E-state index in [1.807, 2.05) is 0 Å². The van der Waals surface area contributed by atoms with Crippen molar-refractivity contribution in [3.8, 4) is 0 Å². The molecule has 1 aromatic rings. The van der Waals surface area contributed by atoms with E-state index in [0.717, 1.165) is 45.7 Å². The van der Waals surface area contributed by atoms with Gasteiger partial charge in [0.05, 0.1) is 18.6 Å². The Kier molecular flexibility index (Phi) is 7.85. The van der Waals surface area contributed by atoms with Crippen molar-refractivity contribution >= 4 is 23.6 Å². The van der Waals surface area contributed by atoms with Gasteiger partial charge in [-0.25, -0.2) is 4.39 Å². The van der Waals surface area contributed by atoms with Gasteiger partial charge in [-0.15, -0.1) is 11.8 Å². The van der Waals surface area contributed by atoms with Crippen LogP contribution < -0.4 is 5.32 Å². The highest BCUT2D eigenvalue weighted by Gasteiger charge is 2.45. The van der Waals surface area contributed by atoms with Crippen LogP contribution in [0.1, 0.15) is 42.5 Å². The van der Waals surface area contributed by atoms with Crippen LogP contribution in [-0.2, 0) is 9.53 Å². The van der Waals surface area contributed by atoms with Gasteiger partial charge in [-0.2, -0.15) is 0 Å². The molecule has 3 fully saturated rings. The van der Waals surface area contributed by atoms with Gasteiger partial charge in [-0.1, -0.05) is 25.3 Å². The van der Waals surface area contributed by atoms with Gasteiger partial charge >= 0.3 is 0 Å². The monoisotopic (exact) mass is 449 g/mol. The molecule has 1 aliphatic carbocycles. The molecule has 8 heteroatoms. The maximum atomic E-state index is 13.8. The molecular weight excluding hydrogens is 417 g/mol. The van der Waals surface area contributed by atoms with E-state index < -0.39 is 11.9 Å². The quantitative estimate of drug-likeness (QED) is 0.724. The Balaban J connectivity index is 1.45. The Hall–Kier alpha value is -1.64. The van der Waals surface area contributed by atoms with E-state index in [4.69, 9.17) is 4.74 Å². The molecule has 170 valence electrons. The minimum atomic E-state index is -0.516. The van der Waals surface area contributed by atoms with Gasteiger partial charge in [0.15, 0.2) is 0 Å². The van der Waals surface area contributed by atoms with Crippen molar-refractivity contribution < 1.29 is 18.7 Å². The topological polar surface area (TPSA) is 61.9 Å². The summed E-state index contributed by atoms with van der Waals surface area (Å²) in [4.78, 5) is 30.5. The molecule has 2 amide bonds. The maximum Gasteiger partial charge on any atom is 0.255 e. The molecule has 1 aromatic carbocycles. The number of hydrogen-bond acceptors (Lipinski definition) is 5. The van der Waals surface area contributed by atoms with Crippen molar-refractivity contribution in [2.24, 2.45) is 5.92 Å². The van der Waals surface area contributed by atoms with Gasteiger partial charge < -0.3 is 15.0 Å². The van der Waals surface area contributed by atoms with Crippen LogP contribution in [0.5, 0.6) is 0 Å². The molecule has 2 saturated heterocycles. The minimum absolute atomic E-state index is 0.0222. The van der Waals surface area contributed by atoms with Crippen molar-refractivity contribution in [1.29, 1.82) is 0 Å². The average molecular weight is 450 g/mol. The molecule has 2 heterocycles. The second-order valence-electron chi connectivity index (χ2n) is 8.61. The lowest BCUT2D eigenvalue weighted by Crippen LogP contribution is -2.52. The molecule has 0 unspecified atom stereocenters. The highest BCUT2D eigenvalue weighted by molar-refractivity contribution is 8.00. The van der Waals surface area contributed by atoms with Crippen LogP contribution in [-0.4, -0.2) is 78.2 Å². The van der Waals surface area contributed by atoms with Gasteiger partial charge in [-0.3, -0.25) is 14.5 Å². The number of nitrogens with zero attached hydrogens (tertiary/aromatic N) is 2. The number of benzene rings is 1. The van der Waals surface area contributed by atoms with Crippen molar-refractivity contribution in [1.82, 2.24) is 15.1 Å². The lowest BCUT2D eigenvalue weighted by atomic mass is 9.88. The molecule has 2 atom stereocenters. The second kappa shape index (κ2) is 10.8. The van der Waals surface area contributed by atoms with Crippen LogP contribution in [0.4, 0.5) is 4.39 Å². The number of nitrogens with one attached hydrogen (secondary N) is 1. The zero-order chi connectivity index (χ0) is 21.6. The summed E-state index contributed by atoms with van der Waals surface area (Å²) in [6, 6.07) is 5.29. The highest BCUT2D eigenvalue weighted by atomic mass is 32.2. The third kappa shape index (κ3) is 5.59. The first kappa shape index (κ1) is 22.6. The van der Waals surface area contributed by atoms with Crippen LogP contribution in [0, 0.1) is 11.7 Å². The van der Waals surface area contributed by atoms with Crippen molar-refractivity contribution in [2.75, 3.05) is 45.1 Å². The van der Waals surface area contributed by atoms with Gasteiger partial charge in [0.2, 0.25) is 5.91 Å². The molecule has 0 aromatic heterocycles. The van der Waals surface area contributed by atoms with E-state index >= 15 is 0 Å². The third-order valence-corrected chi connectivity index (χ3v) is 7.99. The minimum Gasteiger partial charge on any atom is -0.379 e. The number of halogens is 1. The molecule has 6 nitrogen and oxygen atoms in total. The van der Waals surface area contributed by atoms with E-state index in [0.29, 0.717) is 23.8 Å². The van der Waals surface area contributed by atoms with Crippen LogP contribution in [0.25, 0.3) is 0 Å².